The maximum atomic E-state index is 13.1. The SMILES string of the molecule is CCCc1nc2n(c(=O)c1Cc1ccc(-c3ccccc3C#N)cc1)CN(C)N2. The number of nitrogens with one attached hydrogen (secondary N) is 1. The Kier molecular flexibility index (Phi) is 5.15. The smallest absolute Gasteiger partial charge is 0.259 e. The van der Waals surface area contributed by atoms with E-state index in [0.717, 1.165) is 40.8 Å². The van der Waals surface area contributed by atoms with Gasteiger partial charge in [-0.25, -0.2) is 9.99 Å². The Morgan fingerprint density at radius 2 is 1.93 bits per heavy atom. The highest BCUT2D eigenvalue weighted by atomic mass is 16.1. The second kappa shape index (κ2) is 7.90. The second-order valence-corrected chi connectivity index (χ2v) is 7.33. The van der Waals surface area contributed by atoms with Gasteiger partial charge >= 0.3 is 0 Å². The van der Waals surface area contributed by atoms with Gasteiger partial charge in [-0.3, -0.25) is 14.8 Å². The molecule has 1 N–H and O–H groups in total. The summed E-state index contributed by atoms with van der Waals surface area (Å²) in [4.78, 5) is 17.8. The van der Waals surface area contributed by atoms with E-state index in [9.17, 15) is 10.1 Å². The molecule has 29 heavy (non-hydrogen) atoms. The molecular formula is C23H23N5O. The first-order chi connectivity index (χ1) is 14.1. The number of nitriles is 1. The van der Waals surface area contributed by atoms with Crippen molar-refractivity contribution in [1.82, 2.24) is 14.6 Å². The number of aromatic nitrogens is 2. The van der Waals surface area contributed by atoms with Gasteiger partial charge in [-0.2, -0.15) is 5.26 Å². The van der Waals surface area contributed by atoms with Crippen molar-refractivity contribution >= 4 is 5.95 Å². The number of aryl methyl sites for hydroxylation is 1. The predicted octanol–water partition coefficient (Wildman–Crippen LogP) is 3.56. The molecule has 0 fully saturated rings. The molecule has 0 bridgehead atoms. The largest absolute Gasteiger partial charge is 0.287 e. The van der Waals surface area contributed by atoms with Crippen LogP contribution in [0.4, 0.5) is 5.95 Å². The van der Waals surface area contributed by atoms with Crippen molar-refractivity contribution in [2.75, 3.05) is 12.5 Å². The zero-order valence-electron chi connectivity index (χ0n) is 16.6. The third-order valence-electron chi connectivity index (χ3n) is 5.17. The molecule has 2 heterocycles. The summed E-state index contributed by atoms with van der Waals surface area (Å²) in [6.45, 7) is 2.59. The Labute approximate surface area is 170 Å². The minimum atomic E-state index is 0.0224. The Morgan fingerprint density at radius 1 is 1.17 bits per heavy atom. The number of nitrogens with zero attached hydrogens (tertiary/aromatic N) is 4. The van der Waals surface area contributed by atoms with Crippen molar-refractivity contribution in [2.24, 2.45) is 0 Å². The van der Waals surface area contributed by atoms with Gasteiger partial charge < -0.3 is 0 Å². The van der Waals surface area contributed by atoms with Gasteiger partial charge in [0, 0.05) is 19.0 Å². The Balaban J connectivity index is 1.67. The zero-order valence-corrected chi connectivity index (χ0v) is 16.6. The number of benzene rings is 2. The number of hydrogen-bond donors (Lipinski definition) is 1. The third-order valence-corrected chi connectivity index (χ3v) is 5.17. The van der Waals surface area contributed by atoms with Crippen molar-refractivity contribution in [1.29, 1.82) is 5.26 Å². The molecule has 0 aliphatic carbocycles. The van der Waals surface area contributed by atoms with Gasteiger partial charge in [0.2, 0.25) is 5.95 Å². The molecule has 4 rings (SSSR count). The minimum Gasteiger partial charge on any atom is -0.287 e. The van der Waals surface area contributed by atoms with E-state index in [1.54, 1.807) is 4.57 Å². The molecular weight excluding hydrogens is 362 g/mol. The molecule has 0 unspecified atom stereocenters. The van der Waals surface area contributed by atoms with Crippen molar-refractivity contribution in [3.8, 4) is 17.2 Å². The first kappa shape index (κ1) is 18.9. The van der Waals surface area contributed by atoms with Crippen LogP contribution in [-0.2, 0) is 19.5 Å². The summed E-state index contributed by atoms with van der Waals surface area (Å²) in [7, 11) is 1.89. The van der Waals surface area contributed by atoms with Crippen LogP contribution in [0.5, 0.6) is 0 Å². The normalized spacial score (nSPS) is 13.0. The lowest BCUT2D eigenvalue weighted by Gasteiger charge is -2.11. The molecule has 6 nitrogen and oxygen atoms in total. The van der Waals surface area contributed by atoms with Gasteiger partial charge in [0.15, 0.2) is 0 Å². The van der Waals surface area contributed by atoms with E-state index in [1.165, 1.54) is 0 Å². The van der Waals surface area contributed by atoms with Crippen LogP contribution in [0.15, 0.2) is 53.3 Å². The maximum absolute atomic E-state index is 13.1. The van der Waals surface area contributed by atoms with Crippen LogP contribution in [0.1, 0.15) is 35.7 Å². The fraction of sp³-hybridized carbons (Fsp3) is 0.261. The lowest BCUT2D eigenvalue weighted by atomic mass is 9.97. The molecule has 0 atom stereocenters. The maximum Gasteiger partial charge on any atom is 0.259 e. The van der Waals surface area contributed by atoms with Gasteiger partial charge in [-0.15, -0.1) is 0 Å². The topological polar surface area (TPSA) is 74.0 Å². The highest BCUT2D eigenvalue weighted by molar-refractivity contribution is 5.70. The molecule has 0 saturated heterocycles. The molecule has 1 aromatic heterocycles. The van der Waals surface area contributed by atoms with Gasteiger partial charge in [0.1, 0.15) is 0 Å². The molecule has 0 spiro atoms. The number of anilines is 1. The summed E-state index contributed by atoms with van der Waals surface area (Å²) >= 11 is 0. The van der Waals surface area contributed by atoms with Crippen molar-refractivity contribution < 1.29 is 0 Å². The first-order valence-corrected chi connectivity index (χ1v) is 9.79. The highest BCUT2D eigenvalue weighted by Crippen LogP contribution is 2.24. The van der Waals surface area contributed by atoms with Crippen LogP contribution in [0, 0.1) is 11.3 Å². The number of hydrogen-bond acceptors (Lipinski definition) is 5. The monoisotopic (exact) mass is 385 g/mol. The lowest BCUT2D eigenvalue weighted by Crippen LogP contribution is -2.27. The van der Waals surface area contributed by atoms with Crippen LogP contribution in [0.2, 0.25) is 0 Å². The Morgan fingerprint density at radius 3 is 2.66 bits per heavy atom. The quantitative estimate of drug-likeness (QED) is 0.727. The van der Waals surface area contributed by atoms with E-state index in [1.807, 2.05) is 60.6 Å². The molecule has 3 aromatic rings. The van der Waals surface area contributed by atoms with Gasteiger partial charge in [-0.05, 0) is 29.2 Å². The fourth-order valence-electron chi connectivity index (χ4n) is 3.73. The van der Waals surface area contributed by atoms with Crippen LogP contribution in [0.25, 0.3) is 11.1 Å². The molecule has 0 amide bonds. The first-order valence-electron chi connectivity index (χ1n) is 9.79. The molecule has 146 valence electrons. The molecule has 6 heteroatoms. The Hall–Kier alpha value is -3.43. The average molecular weight is 385 g/mol. The average Bonchev–Trinajstić information content (AvgIpc) is 3.12. The van der Waals surface area contributed by atoms with Crippen molar-refractivity contribution in [2.45, 2.75) is 32.9 Å². The molecule has 0 saturated carbocycles. The van der Waals surface area contributed by atoms with Crippen molar-refractivity contribution in [3.63, 3.8) is 0 Å². The van der Waals surface area contributed by atoms with E-state index in [2.05, 4.69) is 18.4 Å². The predicted molar refractivity (Wildman–Crippen MR) is 113 cm³/mol. The summed E-state index contributed by atoms with van der Waals surface area (Å²) in [6.07, 6.45) is 2.26. The summed E-state index contributed by atoms with van der Waals surface area (Å²) in [6, 6.07) is 17.9. The van der Waals surface area contributed by atoms with Crippen molar-refractivity contribution in [3.05, 3.63) is 81.3 Å². The summed E-state index contributed by atoms with van der Waals surface area (Å²) < 4.78 is 1.69. The summed E-state index contributed by atoms with van der Waals surface area (Å²) in [5.41, 5.74) is 8.40. The van der Waals surface area contributed by atoms with E-state index in [4.69, 9.17) is 4.98 Å². The standard InChI is InChI=1S/C23H23N5O/c1-3-6-21-20(22(29)28-15-27(2)26-23(28)25-21)13-16-9-11-17(12-10-16)19-8-5-4-7-18(19)14-24/h4-5,7-12H,3,6,13,15H2,1-2H3,(H,25,26). The third kappa shape index (κ3) is 3.65. The van der Waals surface area contributed by atoms with Crippen LogP contribution in [0.3, 0.4) is 0 Å². The minimum absolute atomic E-state index is 0.0224. The number of rotatable bonds is 5. The van der Waals surface area contributed by atoms with E-state index < -0.39 is 0 Å². The number of fused-ring (bicyclic) bond motifs is 1. The zero-order chi connectivity index (χ0) is 20.4. The van der Waals surface area contributed by atoms with E-state index in [-0.39, 0.29) is 5.56 Å². The molecule has 0 radical (unpaired) electrons. The summed E-state index contributed by atoms with van der Waals surface area (Å²) in [5, 5.41) is 11.2. The molecule has 2 aromatic carbocycles. The van der Waals surface area contributed by atoms with Gasteiger partial charge in [0.05, 0.1) is 24.0 Å². The van der Waals surface area contributed by atoms with Crippen LogP contribution in [-0.4, -0.2) is 21.6 Å². The fourth-order valence-corrected chi connectivity index (χ4v) is 3.73. The Bertz CT molecular complexity index is 1140. The van der Waals surface area contributed by atoms with E-state index >= 15 is 0 Å². The van der Waals surface area contributed by atoms with Crippen LogP contribution >= 0.6 is 0 Å². The molecule has 1 aliphatic rings. The van der Waals surface area contributed by atoms with Gasteiger partial charge in [-0.1, -0.05) is 55.8 Å². The van der Waals surface area contributed by atoms with Crippen LogP contribution < -0.4 is 11.0 Å². The second-order valence-electron chi connectivity index (χ2n) is 7.33. The lowest BCUT2D eigenvalue weighted by molar-refractivity contribution is 0.365. The van der Waals surface area contributed by atoms with Gasteiger partial charge in [0.25, 0.3) is 5.56 Å². The highest BCUT2D eigenvalue weighted by Gasteiger charge is 2.22. The summed E-state index contributed by atoms with van der Waals surface area (Å²) in [5.74, 6) is 0.619. The van der Waals surface area contributed by atoms with E-state index in [0.29, 0.717) is 24.6 Å². The number of hydrazine groups is 1. The molecule has 1 aliphatic heterocycles.